The number of amides is 2. The molecule has 2 aliphatic rings. The zero-order valence-corrected chi connectivity index (χ0v) is 18.4. The first-order valence-corrected chi connectivity index (χ1v) is 10.8. The minimum atomic E-state index is -4.93. The number of morpholine rings is 1. The molecule has 3 atom stereocenters. The van der Waals surface area contributed by atoms with E-state index in [2.05, 4.69) is 10.6 Å². The number of aliphatic hydroxyl groups is 2. The molecule has 2 aromatic rings. The van der Waals surface area contributed by atoms with E-state index in [0.29, 0.717) is 38.4 Å². The number of benzene rings is 2. The number of urea groups is 1. The molecular weight excluding hydrogens is 455 g/mol. The van der Waals surface area contributed by atoms with Gasteiger partial charge in [0.1, 0.15) is 5.75 Å². The lowest BCUT2D eigenvalue weighted by Crippen LogP contribution is -2.40. The van der Waals surface area contributed by atoms with E-state index < -0.39 is 36.0 Å². The number of fused-ring (bicyclic) bond motifs is 1. The number of hydrogen-bond acceptors (Lipinski definition) is 6. The molecule has 2 aromatic carbocycles. The van der Waals surface area contributed by atoms with Gasteiger partial charge in [0, 0.05) is 24.3 Å². The van der Waals surface area contributed by atoms with Crippen molar-refractivity contribution < 1.29 is 37.7 Å². The normalized spacial score (nSPS) is 21.1. The second-order valence-corrected chi connectivity index (χ2v) is 8.21. The highest BCUT2D eigenvalue weighted by atomic mass is 19.4. The van der Waals surface area contributed by atoms with E-state index in [1.807, 2.05) is 12.1 Å². The number of carbonyl (C=O) groups excluding carboxylic acids is 1. The number of halogens is 3. The van der Waals surface area contributed by atoms with Crippen LogP contribution in [0.15, 0.2) is 36.4 Å². The van der Waals surface area contributed by atoms with Crippen LogP contribution in [0.5, 0.6) is 5.75 Å². The fraction of sp³-hybridized carbons (Fsp3) is 0.435. The van der Waals surface area contributed by atoms with E-state index in [9.17, 15) is 28.2 Å². The van der Waals surface area contributed by atoms with Gasteiger partial charge in [-0.1, -0.05) is 24.3 Å². The number of anilines is 2. The number of nitrogens with zero attached hydrogens (tertiary/aromatic N) is 1. The summed E-state index contributed by atoms with van der Waals surface area (Å²) in [5, 5.41) is 25.8. The summed E-state index contributed by atoms with van der Waals surface area (Å²) in [7, 11) is 1.16. The minimum absolute atomic E-state index is 0.0349. The molecule has 1 aliphatic carbocycles. The summed E-state index contributed by atoms with van der Waals surface area (Å²) in [6, 6.07) is 8.65. The Bertz CT molecular complexity index is 1040. The standard InChI is InChI=1S/C23H26F3N3O5/c1-33-20-16(21(31)23(24,25)26)11-14(29-6-8-34-9-7-29)12-18(20)28-22(32)27-17-10-13-4-2-3-5-15(13)19(17)30/h2-5,11-12,17,19,21,30-31H,6-10H2,1H3,(H2,27,28,32)/t17-,19+,21+/m1/s1. The van der Waals surface area contributed by atoms with Crippen LogP contribution in [-0.4, -0.2) is 61.9 Å². The predicted octanol–water partition coefficient (Wildman–Crippen LogP) is 2.91. The number of alkyl halides is 3. The van der Waals surface area contributed by atoms with Gasteiger partial charge in [-0.25, -0.2) is 4.79 Å². The molecule has 8 nitrogen and oxygen atoms in total. The van der Waals surface area contributed by atoms with Crippen LogP contribution in [0.4, 0.5) is 29.3 Å². The number of carbonyl (C=O) groups is 1. The molecule has 0 bridgehead atoms. The van der Waals surface area contributed by atoms with Gasteiger partial charge in [-0.15, -0.1) is 0 Å². The van der Waals surface area contributed by atoms with Gasteiger partial charge in [-0.05, 0) is 29.7 Å². The first kappa shape index (κ1) is 24.1. The minimum Gasteiger partial charge on any atom is -0.494 e. The summed E-state index contributed by atoms with van der Waals surface area (Å²) in [4.78, 5) is 14.6. The second kappa shape index (κ2) is 9.69. The number of methoxy groups -OCH3 is 1. The molecule has 184 valence electrons. The zero-order valence-electron chi connectivity index (χ0n) is 18.4. The van der Waals surface area contributed by atoms with Crippen LogP contribution in [0.25, 0.3) is 0 Å². The van der Waals surface area contributed by atoms with Gasteiger partial charge in [0.05, 0.1) is 38.2 Å². The monoisotopic (exact) mass is 481 g/mol. The van der Waals surface area contributed by atoms with Gasteiger partial charge in [-0.3, -0.25) is 0 Å². The summed E-state index contributed by atoms with van der Waals surface area (Å²) in [5.74, 6) is -0.299. The van der Waals surface area contributed by atoms with Crippen LogP contribution in [0.3, 0.4) is 0 Å². The molecule has 1 saturated heterocycles. The van der Waals surface area contributed by atoms with Crippen molar-refractivity contribution in [3.05, 3.63) is 53.1 Å². The Hall–Kier alpha value is -3.02. The summed E-state index contributed by atoms with van der Waals surface area (Å²) in [5.41, 5.74) is 1.46. The lowest BCUT2D eigenvalue weighted by atomic mass is 10.0. The van der Waals surface area contributed by atoms with Crippen LogP contribution >= 0.6 is 0 Å². The Kier molecular flexibility index (Phi) is 6.87. The van der Waals surface area contributed by atoms with Crippen LogP contribution in [0, 0.1) is 0 Å². The average Bonchev–Trinajstić information content (AvgIpc) is 3.13. The molecule has 0 saturated carbocycles. The van der Waals surface area contributed by atoms with Crippen molar-refractivity contribution in [1.82, 2.24) is 5.32 Å². The van der Waals surface area contributed by atoms with Crippen molar-refractivity contribution in [3.8, 4) is 5.75 Å². The molecule has 4 rings (SSSR count). The van der Waals surface area contributed by atoms with E-state index in [4.69, 9.17) is 9.47 Å². The molecule has 0 radical (unpaired) electrons. The molecule has 0 unspecified atom stereocenters. The molecule has 11 heteroatoms. The smallest absolute Gasteiger partial charge is 0.418 e. The number of ether oxygens (including phenoxy) is 2. The Morgan fingerprint density at radius 2 is 1.94 bits per heavy atom. The quantitative estimate of drug-likeness (QED) is 0.524. The van der Waals surface area contributed by atoms with Gasteiger partial charge in [0.25, 0.3) is 0 Å². The number of hydrogen-bond donors (Lipinski definition) is 4. The predicted molar refractivity (Wildman–Crippen MR) is 118 cm³/mol. The van der Waals surface area contributed by atoms with Crippen molar-refractivity contribution in [2.45, 2.75) is 30.8 Å². The maximum absolute atomic E-state index is 13.4. The fourth-order valence-corrected chi connectivity index (χ4v) is 4.37. The van der Waals surface area contributed by atoms with E-state index in [0.717, 1.165) is 18.2 Å². The summed E-state index contributed by atoms with van der Waals surface area (Å²) >= 11 is 0. The average molecular weight is 481 g/mol. The Morgan fingerprint density at radius 1 is 1.24 bits per heavy atom. The van der Waals surface area contributed by atoms with Crippen molar-refractivity contribution in [2.24, 2.45) is 0 Å². The van der Waals surface area contributed by atoms with E-state index in [1.54, 1.807) is 17.0 Å². The van der Waals surface area contributed by atoms with Crippen LogP contribution in [-0.2, 0) is 11.2 Å². The van der Waals surface area contributed by atoms with Crippen LogP contribution in [0.1, 0.15) is 28.9 Å². The molecular formula is C23H26F3N3O5. The first-order valence-electron chi connectivity index (χ1n) is 10.8. The fourth-order valence-electron chi connectivity index (χ4n) is 4.37. The summed E-state index contributed by atoms with van der Waals surface area (Å²) in [6.45, 7) is 1.66. The SMILES string of the molecule is COc1c(NC(=O)N[C@@H]2Cc3ccccc3[C@@H]2O)cc(N2CCOCC2)cc1[C@H](O)C(F)(F)F. The highest BCUT2D eigenvalue weighted by Gasteiger charge is 2.42. The summed E-state index contributed by atoms with van der Waals surface area (Å²) in [6.07, 6.45) is -8.24. The van der Waals surface area contributed by atoms with Crippen molar-refractivity contribution in [3.63, 3.8) is 0 Å². The van der Waals surface area contributed by atoms with Gasteiger partial charge < -0.3 is 35.2 Å². The molecule has 1 aliphatic heterocycles. The number of nitrogens with one attached hydrogen (secondary N) is 2. The molecule has 0 spiro atoms. The molecule has 34 heavy (non-hydrogen) atoms. The third-order valence-corrected chi connectivity index (χ3v) is 6.05. The number of aliphatic hydroxyl groups excluding tert-OH is 2. The van der Waals surface area contributed by atoms with E-state index in [-0.39, 0.29) is 11.4 Å². The Morgan fingerprint density at radius 3 is 2.59 bits per heavy atom. The molecule has 4 N–H and O–H groups in total. The number of rotatable bonds is 5. The lowest BCUT2D eigenvalue weighted by Gasteiger charge is -2.31. The molecule has 0 aromatic heterocycles. The van der Waals surface area contributed by atoms with Crippen molar-refractivity contribution in [2.75, 3.05) is 43.6 Å². The van der Waals surface area contributed by atoms with Crippen molar-refractivity contribution >= 4 is 17.4 Å². The summed E-state index contributed by atoms with van der Waals surface area (Å²) < 4.78 is 50.7. The maximum Gasteiger partial charge on any atom is 0.418 e. The molecule has 2 amide bonds. The van der Waals surface area contributed by atoms with E-state index >= 15 is 0 Å². The zero-order chi connectivity index (χ0) is 24.5. The van der Waals surface area contributed by atoms with Gasteiger partial charge in [-0.2, -0.15) is 13.2 Å². The third-order valence-electron chi connectivity index (χ3n) is 6.05. The molecule has 1 fully saturated rings. The van der Waals surface area contributed by atoms with Crippen LogP contribution < -0.4 is 20.3 Å². The largest absolute Gasteiger partial charge is 0.494 e. The first-order chi connectivity index (χ1) is 16.2. The maximum atomic E-state index is 13.4. The molecule has 1 heterocycles. The van der Waals surface area contributed by atoms with Crippen LogP contribution in [0.2, 0.25) is 0 Å². The second-order valence-electron chi connectivity index (χ2n) is 8.21. The van der Waals surface area contributed by atoms with Crippen molar-refractivity contribution in [1.29, 1.82) is 0 Å². The van der Waals surface area contributed by atoms with Gasteiger partial charge in [0.15, 0.2) is 6.10 Å². The van der Waals surface area contributed by atoms with Gasteiger partial charge in [0.2, 0.25) is 0 Å². The highest BCUT2D eigenvalue weighted by molar-refractivity contribution is 5.92. The Balaban J connectivity index is 1.61. The van der Waals surface area contributed by atoms with Gasteiger partial charge >= 0.3 is 12.2 Å². The third kappa shape index (κ3) is 4.91. The van der Waals surface area contributed by atoms with E-state index in [1.165, 1.54) is 12.1 Å². The Labute approximate surface area is 194 Å². The topological polar surface area (TPSA) is 103 Å². The highest BCUT2D eigenvalue weighted by Crippen LogP contribution is 2.43. The lowest BCUT2D eigenvalue weighted by molar-refractivity contribution is -0.207.